The Morgan fingerprint density at radius 3 is 0.937 bits per heavy atom. The molecule has 25 heteroatoms. The number of hydrogen-bond donors (Lipinski definition) is 3. The predicted octanol–water partition coefficient (Wildman–Crippen LogP) is 6.76. The number of rotatable bonds is 27. The average Bonchev–Trinajstić information content (AvgIpc) is 0.858. The summed E-state index contributed by atoms with van der Waals surface area (Å²) in [5, 5.41) is 28.3. The Bertz CT molecular complexity index is 2410. The van der Waals surface area contributed by atoms with Crippen LogP contribution in [0.4, 0.5) is 0 Å². The van der Waals surface area contributed by atoms with Gasteiger partial charge in [0.25, 0.3) is 0 Å². The summed E-state index contributed by atoms with van der Waals surface area (Å²) in [6.07, 6.45) is 4.63. The Kier molecular flexibility index (Phi) is 59.5. The second-order valence-corrected chi connectivity index (χ2v) is 24.5. The fourth-order valence-corrected chi connectivity index (χ4v) is 10.5. The van der Waals surface area contributed by atoms with Crippen LogP contribution < -0.4 is 59.1 Å². The van der Waals surface area contributed by atoms with E-state index in [2.05, 4.69) is 126 Å². The molecule has 4 fully saturated rings. The van der Waals surface area contributed by atoms with Crippen molar-refractivity contribution >= 4 is 45.2 Å². The van der Waals surface area contributed by atoms with E-state index < -0.39 is 51.9 Å². The maximum absolute atomic E-state index is 9.54. The van der Waals surface area contributed by atoms with Crippen molar-refractivity contribution in [2.75, 3.05) is 26.4 Å². The zero-order valence-electron chi connectivity index (χ0n) is 58.6. The van der Waals surface area contributed by atoms with E-state index in [1.165, 1.54) is 16.7 Å². The smallest absolute Gasteiger partial charge is 0.390 e. The molecule has 0 amide bonds. The third kappa shape index (κ3) is 38.2. The molecule has 0 bridgehead atoms. The Morgan fingerprint density at radius 2 is 0.653 bits per heavy atom. The molecule has 0 radical (unpaired) electrons. The van der Waals surface area contributed by atoms with E-state index in [1.54, 1.807) is 0 Å². The molecule has 4 aliphatic heterocycles. The first-order valence-corrected chi connectivity index (χ1v) is 34.8. The van der Waals surface area contributed by atoms with Crippen molar-refractivity contribution < 1.29 is 153 Å². The third-order valence-corrected chi connectivity index (χ3v) is 17.0. The van der Waals surface area contributed by atoms with Crippen molar-refractivity contribution in [3.63, 3.8) is 0 Å². The van der Waals surface area contributed by atoms with Gasteiger partial charge in [-0.2, -0.15) is 0 Å². The van der Waals surface area contributed by atoms with Gasteiger partial charge in [0, 0.05) is 27.9 Å². The van der Waals surface area contributed by atoms with Crippen molar-refractivity contribution in [1.82, 2.24) is 0 Å². The number of benzene rings is 3. The molecule has 3 aromatic rings. The van der Waals surface area contributed by atoms with Crippen molar-refractivity contribution in [3.8, 4) is 0 Å². The van der Waals surface area contributed by atoms with Gasteiger partial charge in [-0.15, -0.1) is 49.2 Å². The predicted molar refractivity (Wildman–Crippen MR) is 371 cm³/mol. The molecule has 4 saturated heterocycles. The maximum Gasteiger partial charge on any atom is 1.00 e. The fraction of sp³-hybridized carbons (Fsp3) is 0.714. The standard InChI is InChI=1S/2C20H32O3.C19H29O3.C10H19O5.CH4.HI.2Na.2O3S.H2/c2*1-5-7-13-21-20-19(16(4)15(3)18(6-2)23-20)22-14-17-11-9-8-10-12-17;1-5-6-12-20-19-18(15(3)14(2)16(4)22-19)21-13-17-10-8-7-9-11-17;1-3-4-5-14-10-9(13)8(12)7(11)6(2)15-10;;;;;2*1-4(2)3;/h2*8-12,15-16,18-20H,5-7,13-14H2,1-4H3;7-11,14-16,18-19H,4-6,12-13H2,1-3H3;6-13H,2-5H2,1H3;1H4;1H;;;;;1H/q;;2*-1;;;2*+1;;;/t2*15-,16-,18+,19+,20-;14-,15-,16+,18+,19-;6-,7-,8+,9-,10+;;;;;;;/m0001......./s1. The molecule has 4 aliphatic rings. The number of hydrogen-bond acceptors (Lipinski definition) is 20. The van der Waals surface area contributed by atoms with Crippen LogP contribution in [0.25, 0.3) is 0 Å². The van der Waals surface area contributed by atoms with E-state index in [-0.39, 0.29) is 147 Å². The Hall–Kier alpha value is -0.930. The van der Waals surface area contributed by atoms with Crippen LogP contribution in [0.3, 0.4) is 0 Å². The molecular formula is C70H119INa2O20S2. The zero-order chi connectivity index (χ0) is 67.8. The molecule has 20 nitrogen and oxygen atoms in total. The zero-order valence-corrected chi connectivity index (χ0v) is 66.6. The summed E-state index contributed by atoms with van der Waals surface area (Å²) >= 11 is 0. The van der Waals surface area contributed by atoms with Gasteiger partial charge < -0.3 is 81.3 Å². The van der Waals surface area contributed by atoms with Crippen molar-refractivity contribution in [2.45, 2.75) is 261 Å². The molecule has 95 heavy (non-hydrogen) atoms. The number of aliphatic hydroxyl groups excluding tert-OH is 3. The molecule has 0 saturated carbocycles. The molecule has 4 heterocycles. The van der Waals surface area contributed by atoms with Crippen LogP contribution in [-0.4, -0.2) is 153 Å². The molecule has 3 N–H and O–H groups in total. The first kappa shape index (κ1) is 98.2. The minimum Gasteiger partial charge on any atom is -0.390 e. The first-order valence-electron chi connectivity index (χ1n) is 32.8. The SMILES string of the molecule is C.CCCCO[C@H]1O[C@H](CC)[C@@H](C)[C@H](C)[C@H]1OCc1ccccc1.CCCCO[C@H]1O[C@H](CC)[C@@H](C)[C@H](C)[C@H]1OCc1ccccc1.I.O=S(=O)=O.O=S(=O)=O.[CH2-][C@H]1O[C@H](OCCCC)[C@H](O)[C@@H](O)[C@@H]1O.[CH2-][C@H]1O[C@H](OCCCC)[C@H](OCc2ccccc2)[C@@H](C)[C@@H]1C.[HH].[Na+].[Na+]. The van der Waals surface area contributed by atoms with Crippen LogP contribution in [0.15, 0.2) is 91.0 Å². The van der Waals surface area contributed by atoms with E-state index in [9.17, 15) is 15.3 Å². The van der Waals surface area contributed by atoms with Gasteiger partial charge in [0.15, 0.2) is 25.2 Å². The van der Waals surface area contributed by atoms with Gasteiger partial charge in [-0.1, -0.05) is 213 Å². The molecule has 540 valence electrons. The molecule has 3 aromatic carbocycles. The average molecular weight is 1520 g/mol. The normalized spacial score (nSPS) is 29.7. The van der Waals surface area contributed by atoms with Gasteiger partial charge >= 0.3 is 80.3 Å². The van der Waals surface area contributed by atoms with Crippen LogP contribution in [0.1, 0.15) is 173 Å². The van der Waals surface area contributed by atoms with Gasteiger partial charge in [-0.3, -0.25) is 0 Å². The monoisotopic (exact) mass is 1520 g/mol. The van der Waals surface area contributed by atoms with E-state index in [0.717, 1.165) is 77.4 Å². The van der Waals surface area contributed by atoms with Gasteiger partial charge in [0.05, 0.1) is 38.1 Å². The van der Waals surface area contributed by atoms with Gasteiger partial charge in [0.1, 0.15) is 30.5 Å². The molecule has 7 rings (SSSR count). The fourth-order valence-electron chi connectivity index (χ4n) is 10.5. The third-order valence-electron chi connectivity index (χ3n) is 17.0. The summed E-state index contributed by atoms with van der Waals surface area (Å²) in [4.78, 5) is 0. The minimum absolute atomic E-state index is 0. The summed E-state index contributed by atoms with van der Waals surface area (Å²) in [7, 11) is -6.22. The summed E-state index contributed by atoms with van der Waals surface area (Å²) in [5.41, 5.74) is 3.56. The summed E-state index contributed by atoms with van der Waals surface area (Å²) in [5.74, 6) is 2.50. The number of halogens is 1. The van der Waals surface area contributed by atoms with E-state index >= 15 is 0 Å². The molecule has 0 spiro atoms. The molecule has 20 atom stereocenters. The van der Waals surface area contributed by atoms with E-state index in [0.29, 0.717) is 68.5 Å². The largest absolute Gasteiger partial charge is 1.00 e. The van der Waals surface area contributed by atoms with Gasteiger partial charge in [-0.25, -0.2) is 0 Å². The van der Waals surface area contributed by atoms with Gasteiger partial charge in [-0.05, 0) is 96.8 Å². The van der Waals surface area contributed by atoms with Crippen LogP contribution in [0, 0.1) is 49.4 Å². The van der Waals surface area contributed by atoms with Crippen molar-refractivity contribution in [3.05, 3.63) is 122 Å². The number of ether oxygens (including phenoxy) is 11. The Labute approximate surface area is 637 Å². The van der Waals surface area contributed by atoms with Crippen LogP contribution >= 0.6 is 24.0 Å². The summed E-state index contributed by atoms with van der Waals surface area (Å²) < 4.78 is 116. The molecule has 0 aromatic heterocycles. The molecular weight excluding hydrogens is 1400 g/mol. The first-order chi connectivity index (χ1) is 43.5. The summed E-state index contributed by atoms with van der Waals surface area (Å²) in [6.45, 7) is 38.4. The Balaban J connectivity index is -0.000000561. The summed E-state index contributed by atoms with van der Waals surface area (Å²) in [6, 6.07) is 30.9. The van der Waals surface area contributed by atoms with Crippen LogP contribution in [0.5, 0.6) is 0 Å². The Morgan fingerprint density at radius 1 is 0.389 bits per heavy atom. The minimum atomic E-state index is -3.11. The second kappa shape index (κ2) is 57.6. The maximum atomic E-state index is 9.54. The quantitative estimate of drug-likeness (QED) is 0.0308. The number of unbranched alkanes of at least 4 members (excludes halogenated alkanes) is 4. The topological polar surface area (TPSA) is 265 Å². The van der Waals surface area contributed by atoms with E-state index in [4.69, 9.17) is 77.4 Å². The van der Waals surface area contributed by atoms with Crippen molar-refractivity contribution in [2.24, 2.45) is 35.5 Å². The van der Waals surface area contributed by atoms with Crippen molar-refractivity contribution in [1.29, 1.82) is 0 Å². The van der Waals surface area contributed by atoms with Crippen LogP contribution in [0.2, 0.25) is 0 Å². The molecule has 0 aliphatic carbocycles. The molecule has 0 unspecified atom stereocenters. The number of aliphatic hydroxyl groups is 3. The van der Waals surface area contributed by atoms with Gasteiger partial charge in [0.2, 0.25) is 0 Å². The van der Waals surface area contributed by atoms with Crippen LogP contribution in [-0.2, 0) is 93.1 Å². The van der Waals surface area contributed by atoms with E-state index in [1.807, 2.05) is 61.5 Å². The second-order valence-electron chi connectivity index (χ2n) is 23.7.